The van der Waals surface area contributed by atoms with E-state index in [1.165, 1.54) is 0 Å². The molecule has 0 aliphatic rings. The maximum Gasteiger partial charge on any atom is 0.169 e. The van der Waals surface area contributed by atoms with Crippen LogP contribution in [0.1, 0.15) is 22.9 Å². The lowest BCUT2D eigenvalue weighted by Crippen LogP contribution is -2.11. The van der Waals surface area contributed by atoms with Crippen LogP contribution in [-0.2, 0) is 0 Å². The summed E-state index contributed by atoms with van der Waals surface area (Å²) in [5, 5.41) is 0.697. The molecule has 84 valence electrons. The van der Waals surface area contributed by atoms with Gasteiger partial charge in [-0.3, -0.25) is 0 Å². The van der Waals surface area contributed by atoms with Gasteiger partial charge < -0.3 is 10.2 Å². The van der Waals surface area contributed by atoms with Gasteiger partial charge >= 0.3 is 0 Å². The molecule has 4 heteroatoms. The van der Waals surface area contributed by atoms with E-state index < -0.39 is 0 Å². The molecule has 1 atom stereocenters. The third kappa shape index (κ3) is 2.17. The Balaban J connectivity index is 2.41. The van der Waals surface area contributed by atoms with Crippen molar-refractivity contribution >= 4 is 27.5 Å². The Morgan fingerprint density at radius 2 is 2.06 bits per heavy atom. The number of hydrogen-bond acceptors (Lipinski definition) is 2. The van der Waals surface area contributed by atoms with Crippen LogP contribution in [0.2, 0.25) is 5.02 Å². The van der Waals surface area contributed by atoms with Crippen molar-refractivity contribution < 1.29 is 4.42 Å². The lowest BCUT2D eigenvalue weighted by molar-refractivity contribution is 0.470. The summed E-state index contributed by atoms with van der Waals surface area (Å²) in [6.45, 7) is 1.95. The molecule has 2 aromatic rings. The van der Waals surface area contributed by atoms with Gasteiger partial charge in [-0.25, -0.2) is 0 Å². The fraction of sp³-hybridized carbons (Fsp3) is 0.167. The lowest BCUT2D eigenvalue weighted by atomic mass is 10.0. The summed E-state index contributed by atoms with van der Waals surface area (Å²) in [6.07, 6.45) is 0. The van der Waals surface area contributed by atoms with Crippen LogP contribution in [0.15, 0.2) is 39.4 Å². The highest BCUT2D eigenvalue weighted by molar-refractivity contribution is 9.10. The zero-order chi connectivity index (χ0) is 11.7. The molecular weight excluding hydrogens is 289 g/mol. The molecule has 0 aliphatic heterocycles. The number of rotatable bonds is 2. The van der Waals surface area contributed by atoms with Crippen LogP contribution in [0.4, 0.5) is 0 Å². The van der Waals surface area contributed by atoms with E-state index in [9.17, 15) is 0 Å². The van der Waals surface area contributed by atoms with Gasteiger partial charge in [0.1, 0.15) is 5.76 Å². The summed E-state index contributed by atoms with van der Waals surface area (Å²) in [6, 6.07) is 9.13. The SMILES string of the molecule is Cc1cccc(C(N)c2ccc(Br)o2)c1Cl. The number of hydrogen-bond donors (Lipinski definition) is 1. The fourth-order valence-electron chi connectivity index (χ4n) is 1.56. The summed E-state index contributed by atoms with van der Waals surface area (Å²) in [7, 11) is 0. The van der Waals surface area contributed by atoms with Gasteiger partial charge in [-0.2, -0.15) is 0 Å². The van der Waals surface area contributed by atoms with Crippen LogP contribution in [0, 0.1) is 6.92 Å². The maximum absolute atomic E-state index is 6.21. The molecule has 1 heterocycles. The van der Waals surface area contributed by atoms with Gasteiger partial charge in [0, 0.05) is 5.02 Å². The summed E-state index contributed by atoms with van der Waals surface area (Å²) in [5.41, 5.74) is 7.99. The van der Waals surface area contributed by atoms with Crippen molar-refractivity contribution in [2.75, 3.05) is 0 Å². The van der Waals surface area contributed by atoms with Gasteiger partial charge in [-0.1, -0.05) is 29.8 Å². The first-order chi connectivity index (χ1) is 7.59. The second-order valence-electron chi connectivity index (χ2n) is 3.60. The van der Waals surface area contributed by atoms with Crippen molar-refractivity contribution in [1.82, 2.24) is 0 Å². The molecule has 0 aliphatic carbocycles. The second kappa shape index (κ2) is 4.62. The van der Waals surface area contributed by atoms with E-state index >= 15 is 0 Å². The van der Waals surface area contributed by atoms with Crippen LogP contribution in [-0.4, -0.2) is 0 Å². The van der Waals surface area contributed by atoms with Crippen molar-refractivity contribution in [1.29, 1.82) is 0 Å². The Bertz CT molecular complexity index is 509. The van der Waals surface area contributed by atoms with Crippen LogP contribution in [0.3, 0.4) is 0 Å². The fourth-order valence-corrected chi connectivity index (χ4v) is 2.12. The summed E-state index contributed by atoms with van der Waals surface area (Å²) < 4.78 is 6.10. The van der Waals surface area contributed by atoms with E-state index in [0.29, 0.717) is 15.5 Å². The van der Waals surface area contributed by atoms with Gasteiger partial charge in [-0.05, 0) is 46.1 Å². The van der Waals surface area contributed by atoms with Gasteiger partial charge in [0.25, 0.3) is 0 Å². The highest BCUT2D eigenvalue weighted by Gasteiger charge is 2.16. The number of benzene rings is 1. The average Bonchev–Trinajstić information content (AvgIpc) is 2.68. The lowest BCUT2D eigenvalue weighted by Gasteiger charge is -2.12. The summed E-state index contributed by atoms with van der Waals surface area (Å²) >= 11 is 9.46. The predicted molar refractivity (Wildman–Crippen MR) is 68.6 cm³/mol. The van der Waals surface area contributed by atoms with Crippen LogP contribution in [0.5, 0.6) is 0 Å². The average molecular weight is 301 g/mol. The first kappa shape index (κ1) is 11.7. The highest BCUT2D eigenvalue weighted by Crippen LogP contribution is 2.30. The molecular formula is C12H11BrClNO. The monoisotopic (exact) mass is 299 g/mol. The van der Waals surface area contributed by atoms with Crippen molar-refractivity contribution in [2.45, 2.75) is 13.0 Å². The number of halogens is 2. The zero-order valence-electron chi connectivity index (χ0n) is 8.71. The van der Waals surface area contributed by atoms with Gasteiger partial charge in [0.2, 0.25) is 0 Å². The summed E-state index contributed by atoms with van der Waals surface area (Å²) in [5.74, 6) is 0.694. The molecule has 2 N–H and O–H groups in total. The molecule has 0 bridgehead atoms. The third-order valence-electron chi connectivity index (χ3n) is 2.46. The zero-order valence-corrected chi connectivity index (χ0v) is 11.0. The number of nitrogens with two attached hydrogens (primary N) is 1. The highest BCUT2D eigenvalue weighted by atomic mass is 79.9. The molecule has 1 aromatic carbocycles. The van der Waals surface area contributed by atoms with Gasteiger partial charge in [0.15, 0.2) is 4.67 Å². The molecule has 2 rings (SSSR count). The maximum atomic E-state index is 6.21. The quantitative estimate of drug-likeness (QED) is 0.908. The Hall–Kier alpha value is -0.770. The molecule has 0 fully saturated rings. The van der Waals surface area contributed by atoms with E-state index in [1.807, 2.05) is 37.3 Å². The van der Waals surface area contributed by atoms with E-state index in [2.05, 4.69) is 15.9 Å². The molecule has 0 spiro atoms. The molecule has 16 heavy (non-hydrogen) atoms. The Morgan fingerprint density at radius 3 is 2.69 bits per heavy atom. The molecule has 1 unspecified atom stereocenters. The van der Waals surface area contributed by atoms with Crippen molar-refractivity contribution in [2.24, 2.45) is 5.73 Å². The molecule has 0 saturated heterocycles. The Labute approximate surface area is 108 Å². The third-order valence-corrected chi connectivity index (χ3v) is 3.40. The first-order valence-electron chi connectivity index (χ1n) is 4.85. The minimum atomic E-state index is -0.335. The molecule has 0 radical (unpaired) electrons. The largest absolute Gasteiger partial charge is 0.452 e. The van der Waals surface area contributed by atoms with Crippen molar-refractivity contribution in [3.63, 3.8) is 0 Å². The standard InChI is InChI=1S/C12H11BrClNO/c1-7-3-2-4-8(11(7)14)12(15)9-5-6-10(13)16-9/h2-6,12H,15H2,1H3. The summed E-state index contributed by atoms with van der Waals surface area (Å²) in [4.78, 5) is 0. The first-order valence-corrected chi connectivity index (χ1v) is 6.02. The minimum absolute atomic E-state index is 0.335. The molecule has 0 saturated carbocycles. The van der Waals surface area contributed by atoms with Gasteiger partial charge in [-0.15, -0.1) is 0 Å². The van der Waals surface area contributed by atoms with Crippen LogP contribution in [0.25, 0.3) is 0 Å². The normalized spacial score (nSPS) is 12.8. The van der Waals surface area contributed by atoms with Crippen molar-refractivity contribution in [3.8, 4) is 0 Å². The van der Waals surface area contributed by atoms with Crippen LogP contribution >= 0.6 is 27.5 Å². The van der Waals surface area contributed by atoms with Crippen LogP contribution < -0.4 is 5.73 Å². The number of aryl methyl sites for hydroxylation is 1. The van der Waals surface area contributed by atoms with E-state index in [0.717, 1.165) is 11.1 Å². The number of furan rings is 1. The van der Waals surface area contributed by atoms with E-state index in [-0.39, 0.29) is 6.04 Å². The molecule has 2 nitrogen and oxygen atoms in total. The smallest absolute Gasteiger partial charge is 0.169 e. The van der Waals surface area contributed by atoms with Gasteiger partial charge in [0.05, 0.1) is 6.04 Å². The van der Waals surface area contributed by atoms with E-state index in [1.54, 1.807) is 0 Å². The van der Waals surface area contributed by atoms with E-state index in [4.69, 9.17) is 21.8 Å². The Kier molecular flexibility index (Phi) is 3.38. The predicted octanol–water partition coefficient (Wildman–Crippen LogP) is 4.05. The Morgan fingerprint density at radius 1 is 1.31 bits per heavy atom. The minimum Gasteiger partial charge on any atom is -0.452 e. The van der Waals surface area contributed by atoms with Crippen molar-refractivity contribution in [3.05, 3.63) is 56.9 Å². The molecule has 0 amide bonds. The molecule has 1 aromatic heterocycles. The second-order valence-corrected chi connectivity index (χ2v) is 4.76. The topological polar surface area (TPSA) is 39.2 Å².